The van der Waals surface area contributed by atoms with Gasteiger partial charge in [0.1, 0.15) is 11.4 Å². The first-order valence-corrected chi connectivity index (χ1v) is 9.17. The van der Waals surface area contributed by atoms with Gasteiger partial charge in [-0.05, 0) is 48.2 Å². The molecule has 0 spiro atoms. The van der Waals surface area contributed by atoms with Crippen LogP contribution in [0.1, 0.15) is 37.8 Å². The third-order valence-electron chi connectivity index (χ3n) is 4.79. The number of rotatable bonds is 8. The van der Waals surface area contributed by atoms with Crippen molar-refractivity contribution in [2.75, 3.05) is 20.8 Å². The molecule has 0 radical (unpaired) electrons. The van der Waals surface area contributed by atoms with E-state index in [2.05, 4.69) is 5.32 Å². The van der Waals surface area contributed by atoms with Crippen LogP contribution in [-0.2, 0) is 10.4 Å². The number of carbonyl (C=O) groups is 1. The Hall–Kier alpha value is -2.60. The summed E-state index contributed by atoms with van der Waals surface area (Å²) in [6, 6.07) is 11.0. The van der Waals surface area contributed by atoms with Crippen LogP contribution in [0.15, 0.2) is 42.5 Å². The number of methoxy groups -OCH3 is 2. The van der Waals surface area contributed by atoms with Crippen molar-refractivity contribution in [3.63, 3.8) is 0 Å². The van der Waals surface area contributed by atoms with Crippen LogP contribution in [0.3, 0.4) is 0 Å². The van der Waals surface area contributed by atoms with Crippen LogP contribution in [0.2, 0.25) is 0 Å². The van der Waals surface area contributed by atoms with Crippen molar-refractivity contribution >= 4 is 5.91 Å². The second-order valence-corrected chi connectivity index (χ2v) is 7.33. The molecule has 0 fully saturated rings. The summed E-state index contributed by atoms with van der Waals surface area (Å²) in [6.45, 7) is 5.51. The monoisotopic (exact) mass is 389 g/mol. The van der Waals surface area contributed by atoms with Crippen molar-refractivity contribution in [3.05, 3.63) is 59.4 Å². The summed E-state index contributed by atoms with van der Waals surface area (Å²) in [4.78, 5) is 12.9. The highest BCUT2D eigenvalue weighted by atomic mass is 19.1. The molecule has 0 bridgehead atoms. The van der Waals surface area contributed by atoms with Crippen molar-refractivity contribution in [2.45, 2.75) is 32.3 Å². The van der Waals surface area contributed by atoms with Crippen molar-refractivity contribution in [3.8, 4) is 11.5 Å². The number of carbonyl (C=O) groups excluding carboxylic acids is 1. The minimum absolute atomic E-state index is 0.00791. The average molecular weight is 389 g/mol. The van der Waals surface area contributed by atoms with E-state index in [1.165, 1.54) is 24.3 Å². The molecule has 6 heteroatoms. The molecule has 0 aliphatic carbocycles. The Balaban J connectivity index is 2.18. The SMILES string of the molecule is COc1ccc(C(C(=O)NCC(C)(O)c2ccc(F)cc2)C(C)C)cc1OC. The van der Waals surface area contributed by atoms with Crippen LogP contribution < -0.4 is 14.8 Å². The smallest absolute Gasteiger partial charge is 0.227 e. The fourth-order valence-electron chi connectivity index (χ4n) is 3.17. The first-order chi connectivity index (χ1) is 13.2. The first-order valence-electron chi connectivity index (χ1n) is 9.17. The predicted octanol–water partition coefficient (Wildman–Crippen LogP) is 3.61. The topological polar surface area (TPSA) is 67.8 Å². The molecule has 1 amide bonds. The van der Waals surface area contributed by atoms with Crippen molar-refractivity contribution < 1.29 is 23.8 Å². The molecule has 0 saturated carbocycles. The molecular weight excluding hydrogens is 361 g/mol. The van der Waals surface area contributed by atoms with E-state index < -0.39 is 11.5 Å². The minimum atomic E-state index is -1.32. The zero-order valence-electron chi connectivity index (χ0n) is 17.0. The van der Waals surface area contributed by atoms with Crippen LogP contribution >= 0.6 is 0 Å². The molecule has 2 aromatic carbocycles. The van der Waals surface area contributed by atoms with Gasteiger partial charge >= 0.3 is 0 Å². The molecule has 0 aliphatic heterocycles. The Morgan fingerprint density at radius 2 is 1.71 bits per heavy atom. The molecular formula is C22H28FNO4. The zero-order chi connectivity index (χ0) is 20.9. The summed E-state index contributed by atoms with van der Waals surface area (Å²) in [5, 5.41) is 13.5. The number of amides is 1. The molecule has 2 aromatic rings. The van der Waals surface area contributed by atoms with E-state index in [4.69, 9.17) is 9.47 Å². The van der Waals surface area contributed by atoms with E-state index in [1.54, 1.807) is 33.3 Å². The number of nitrogens with one attached hydrogen (secondary N) is 1. The van der Waals surface area contributed by atoms with Gasteiger partial charge in [-0.25, -0.2) is 4.39 Å². The van der Waals surface area contributed by atoms with E-state index in [0.717, 1.165) is 5.56 Å². The van der Waals surface area contributed by atoms with Gasteiger partial charge in [0.2, 0.25) is 5.91 Å². The second kappa shape index (κ2) is 9.06. The van der Waals surface area contributed by atoms with Gasteiger partial charge in [0.05, 0.1) is 26.7 Å². The van der Waals surface area contributed by atoms with Gasteiger partial charge in [-0.1, -0.05) is 32.0 Å². The highest BCUT2D eigenvalue weighted by Gasteiger charge is 2.29. The van der Waals surface area contributed by atoms with Gasteiger partial charge in [0.25, 0.3) is 0 Å². The molecule has 28 heavy (non-hydrogen) atoms. The molecule has 2 unspecified atom stereocenters. The van der Waals surface area contributed by atoms with E-state index in [-0.39, 0.29) is 24.2 Å². The lowest BCUT2D eigenvalue weighted by atomic mass is 9.87. The van der Waals surface area contributed by atoms with Crippen LogP contribution in [0.5, 0.6) is 11.5 Å². The first kappa shape index (κ1) is 21.7. The standard InChI is InChI=1S/C22H28FNO4/c1-14(2)20(15-6-11-18(27-4)19(12-15)28-5)21(25)24-13-22(3,26)16-7-9-17(23)10-8-16/h6-12,14,20,26H,13H2,1-5H3,(H,24,25). The lowest BCUT2D eigenvalue weighted by molar-refractivity contribution is -0.124. The van der Waals surface area contributed by atoms with Crippen LogP contribution in [0.4, 0.5) is 4.39 Å². The van der Waals surface area contributed by atoms with Gasteiger partial charge in [-0.2, -0.15) is 0 Å². The maximum absolute atomic E-state index is 13.1. The quantitative estimate of drug-likeness (QED) is 0.724. The third kappa shape index (κ3) is 5.01. The van der Waals surface area contributed by atoms with Gasteiger partial charge in [0, 0.05) is 0 Å². The summed E-state index contributed by atoms with van der Waals surface area (Å²) in [5.74, 6) is 0.157. The maximum Gasteiger partial charge on any atom is 0.227 e. The molecule has 0 aromatic heterocycles. The molecule has 0 heterocycles. The van der Waals surface area contributed by atoms with Gasteiger partial charge < -0.3 is 19.9 Å². The van der Waals surface area contributed by atoms with Gasteiger partial charge in [0.15, 0.2) is 11.5 Å². The molecule has 2 atom stereocenters. The highest BCUT2D eigenvalue weighted by molar-refractivity contribution is 5.84. The Morgan fingerprint density at radius 1 is 1.11 bits per heavy atom. The van der Waals surface area contributed by atoms with Crippen molar-refractivity contribution in [1.29, 1.82) is 0 Å². The summed E-state index contributed by atoms with van der Waals surface area (Å²) in [7, 11) is 3.10. The van der Waals surface area contributed by atoms with Crippen LogP contribution in [0.25, 0.3) is 0 Å². The largest absolute Gasteiger partial charge is 0.493 e. The number of ether oxygens (including phenoxy) is 2. The lowest BCUT2D eigenvalue weighted by Crippen LogP contribution is -2.41. The number of benzene rings is 2. The van der Waals surface area contributed by atoms with E-state index in [1.807, 2.05) is 19.9 Å². The normalized spacial score (nSPS) is 14.3. The van der Waals surface area contributed by atoms with Crippen LogP contribution in [-0.4, -0.2) is 31.8 Å². The molecule has 2 N–H and O–H groups in total. The van der Waals surface area contributed by atoms with E-state index in [0.29, 0.717) is 17.1 Å². The maximum atomic E-state index is 13.1. The molecule has 5 nitrogen and oxygen atoms in total. The zero-order valence-corrected chi connectivity index (χ0v) is 17.0. The average Bonchev–Trinajstić information content (AvgIpc) is 2.66. The van der Waals surface area contributed by atoms with E-state index >= 15 is 0 Å². The number of hydrogen-bond acceptors (Lipinski definition) is 4. The Kier molecular flexibility index (Phi) is 7.02. The lowest BCUT2D eigenvalue weighted by Gasteiger charge is -2.27. The van der Waals surface area contributed by atoms with Gasteiger partial charge in [-0.15, -0.1) is 0 Å². The Morgan fingerprint density at radius 3 is 2.25 bits per heavy atom. The number of aliphatic hydroxyl groups is 1. The predicted molar refractivity (Wildman–Crippen MR) is 106 cm³/mol. The summed E-state index contributed by atoms with van der Waals surface area (Å²) >= 11 is 0. The number of hydrogen-bond donors (Lipinski definition) is 2. The summed E-state index contributed by atoms with van der Waals surface area (Å²) < 4.78 is 23.7. The molecule has 2 rings (SSSR count). The fourth-order valence-corrected chi connectivity index (χ4v) is 3.17. The fraction of sp³-hybridized carbons (Fsp3) is 0.409. The van der Waals surface area contributed by atoms with Crippen molar-refractivity contribution in [1.82, 2.24) is 5.32 Å². The van der Waals surface area contributed by atoms with Crippen molar-refractivity contribution in [2.24, 2.45) is 5.92 Å². The molecule has 0 saturated heterocycles. The third-order valence-corrected chi connectivity index (χ3v) is 4.79. The van der Waals surface area contributed by atoms with Crippen LogP contribution in [0, 0.1) is 11.7 Å². The minimum Gasteiger partial charge on any atom is -0.493 e. The number of halogens is 1. The Labute approximate surface area is 165 Å². The summed E-state index contributed by atoms with van der Waals surface area (Å²) in [6.07, 6.45) is 0. The molecule has 152 valence electrons. The van der Waals surface area contributed by atoms with E-state index in [9.17, 15) is 14.3 Å². The highest BCUT2D eigenvalue weighted by Crippen LogP contribution is 2.33. The Bertz CT molecular complexity index is 803. The van der Waals surface area contributed by atoms with Gasteiger partial charge in [-0.3, -0.25) is 4.79 Å². The second-order valence-electron chi connectivity index (χ2n) is 7.33. The molecule has 0 aliphatic rings. The summed E-state index contributed by atoms with van der Waals surface area (Å²) in [5.41, 5.74) is 0.00986.